The Labute approximate surface area is 158 Å². The van der Waals surface area contributed by atoms with Crippen LogP contribution in [0.3, 0.4) is 0 Å². The Morgan fingerprint density at radius 2 is 2.00 bits per heavy atom. The van der Waals surface area contributed by atoms with Crippen molar-refractivity contribution in [2.75, 3.05) is 34.0 Å². The van der Waals surface area contributed by atoms with E-state index in [1.807, 2.05) is 25.1 Å². The van der Waals surface area contributed by atoms with Gasteiger partial charge >= 0.3 is 5.97 Å². The number of thiocarbonyl (C=S) groups is 1. The van der Waals surface area contributed by atoms with E-state index in [9.17, 15) is 4.79 Å². The van der Waals surface area contributed by atoms with Crippen molar-refractivity contribution in [2.45, 2.75) is 19.9 Å². The molecule has 0 saturated carbocycles. The minimum Gasteiger partial charge on any atom is -0.493 e. The lowest BCUT2D eigenvalue weighted by Crippen LogP contribution is -2.45. The van der Waals surface area contributed by atoms with Gasteiger partial charge in [0.2, 0.25) is 0 Å². The Hall–Kier alpha value is -2.32. The molecule has 1 atom stereocenters. The molecule has 1 heterocycles. The van der Waals surface area contributed by atoms with Crippen LogP contribution < -0.4 is 20.1 Å². The topological polar surface area (TPSA) is 78.1 Å². The summed E-state index contributed by atoms with van der Waals surface area (Å²) in [6.07, 6.45) is 0. The number of esters is 1. The highest BCUT2D eigenvalue weighted by atomic mass is 32.1. The summed E-state index contributed by atoms with van der Waals surface area (Å²) >= 11 is 5.25. The number of carbonyl (C=O) groups is 1. The number of ether oxygens (including phenoxy) is 4. The third kappa shape index (κ3) is 4.64. The van der Waals surface area contributed by atoms with Gasteiger partial charge < -0.3 is 29.6 Å². The van der Waals surface area contributed by atoms with Crippen LogP contribution in [-0.4, -0.2) is 45.1 Å². The Kier molecular flexibility index (Phi) is 7.23. The summed E-state index contributed by atoms with van der Waals surface area (Å²) in [6.45, 7) is 4.73. The fourth-order valence-corrected chi connectivity index (χ4v) is 2.92. The lowest BCUT2D eigenvalue weighted by Gasteiger charge is -2.30. The van der Waals surface area contributed by atoms with Crippen molar-refractivity contribution in [1.29, 1.82) is 0 Å². The predicted molar refractivity (Wildman–Crippen MR) is 101 cm³/mol. The first-order chi connectivity index (χ1) is 12.5. The SMILES string of the molecule is CCOc1ccc([C@H]2NC(=S)NC(C)=C2C(=O)OCCOC)cc1OC. The van der Waals surface area contributed by atoms with Crippen LogP contribution in [0.2, 0.25) is 0 Å². The largest absolute Gasteiger partial charge is 0.493 e. The molecule has 0 bridgehead atoms. The number of allylic oxidation sites excluding steroid dienone is 1. The van der Waals surface area contributed by atoms with Crippen LogP contribution in [0.25, 0.3) is 0 Å². The zero-order valence-electron chi connectivity index (χ0n) is 15.4. The van der Waals surface area contributed by atoms with Gasteiger partial charge in [0, 0.05) is 12.8 Å². The molecule has 0 unspecified atom stereocenters. The summed E-state index contributed by atoms with van der Waals surface area (Å²) in [5, 5.41) is 6.53. The lowest BCUT2D eigenvalue weighted by atomic mass is 9.95. The Bertz CT molecular complexity index is 705. The molecule has 8 heteroatoms. The number of nitrogens with one attached hydrogen (secondary N) is 2. The number of carbonyl (C=O) groups excluding carboxylic acids is 1. The Balaban J connectivity index is 2.36. The first-order valence-corrected chi connectivity index (χ1v) is 8.67. The van der Waals surface area contributed by atoms with Gasteiger partial charge in [0.15, 0.2) is 16.6 Å². The fraction of sp³-hybridized carbons (Fsp3) is 0.444. The van der Waals surface area contributed by atoms with Gasteiger partial charge in [-0.05, 0) is 43.8 Å². The predicted octanol–water partition coefficient (Wildman–Crippen LogP) is 2.08. The molecule has 26 heavy (non-hydrogen) atoms. The molecule has 1 aliphatic rings. The minimum absolute atomic E-state index is 0.176. The van der Waals surface area contributed by atoms with Crippen molar-refractivity contribution in [3.05, 3.63) is 35.0 Å². The van der Waals surface area contributed by atoms with E-state index in [2.05, 4.69) is 10.6 Å². The summed E-state index contributed by atoms with van der Waals surface area (Å²) in [7, 11) is 3.12. The summed E-state index contributed by atoms with van der Waals surface area (Å²) < 4.78 is 21.2. The normalized spacial score (nSPS) is 16.6. The fourth-order valence-electron chi connectivity index (χ4n) is 2.65. The molecule has 0 amide bonds. The monoisotopic (exact) mass is 380 g/mol. The number of hydrogen-bond donors (Lipinski definition) is 2. The quantitative estimate of drug-likeness (QED) is 0.403. The van der Waals surface area contributed by atoms with E-state index in [0.717, 1.165) is 5.56 Å². The molecule has 0 fully saturated rings. The molecule has 2 N–H and O–H groups in total. The Morgan fingerprint density at radius 3 is 2.65 bits per heavy atom. The summed E-state index contributed by atoms with van der Waals surface area (Å²) in [5.41, 5.74) is 1.92. The maximum absolute atomic E-state index is 12.6. The molecule has 0 radical (unpaired) electrons. The number of hydrogen-bond acceptors (Lipinski definition) is 6. The van der Waals surface area contributed by atoms with Gasteiger partial charge in [0.1, 0.15) is 6.61 Å². The van der Waals surface area contributed by atoms with Crippen molar-refractivity contribution in [3.8, 4) is 11.5 Å². The van der Waals surface area contributed by atoms with Crippen LogP contribution in [0, 0.1) is 0 Å². The number of benzene rings is 1. The van der Waals surface area contributed by atoms with Crippen LogP contribution in [0.1, 0.15) is 25.5 Å². The van der Waals surface area contributed by atoms with E-state index >= 15 is 0 Å². The van der Waals surface area contributed by atoms with Gasteiger partial charge in [-0.25, -0.2) is 4.79 Å². The molecule has 1 aromatic rings. The van der Waals surface area contributed by atoms with Gasteiger partial charge in [-0.15, -0.1) is 0 Å². The number of rotatable bonds is 8. The van der Waals surface area contributed by atoms with Crippen molar-refractivity contribution >= 4 is 23.3 Å². The van der Waals surface area contributed by atoms with E-state index in [1.165, 1.54) is 0 Å². The average molecular weight is 380 g/mol. The van der Waals surface area contributed by atoms with Crippen molar-refractivity contribution in [2.24, 2.45) is 0 Å². The molecule has 0 aliphatic carbocycles. The molecule has 7 nitrogen and oxygen atoms in total. The maximum Gasteiger partial charge on any atom is 0.338 e. The molecule has 0 saturated heterocycles. The van der Waals surface area contributed by atoms with E-state index in [1.54, 1.807) is 21.1 Å². The van der Waals surface area contributed by atoms with Crippen LogP contribution in [0.5, 0.6) is 11.5 Å². The second kappa shape index (κ2) is 9.40. The lowest BCUT2D eigenvalue weighted by molar-refractivity contribution is -0.140. The Morgan fingerprint density at radius 1 is 1.23 bits per heavy atom. The van der Waals surface area contributed by atoms with Gasteiger partial charge in [-0.2, -0.15) is 0 Å². The summed E-state index contributed by atoms with van der Waals surface area (Å²) in [4.78, 5) is 12.6. The molecule has 0 aromatic heterocycles. The third-order valence-corrected chi connectivity index (χ3v) is 4.05. The minimum atomic E-state index is -0.455. The third-order valence-electron chi connectivity index (χ3n) is 3.83. The highest BCUT2D eigenvalue weighted by molar-refractivity contribution is 7.80. The second-order valence-corrected chi connectivity index (χ2v) is 5.95. The first-order valence-electron chi connectivity index (χ1n) is 8.26. The van der Waals surface area contributed by atoms with E-state index in [-0.39, 0.29) is 6.61 Å². The second-order valence-electron chi connectivity index (χ2n) is 5.54. The molecule has 1 aliphatic heterocycles. The van der Waals surface area contributed by atoms with Crippen LogP contribution in [0.15, 0.2) is 29.5 Å². The van der Waals surface area contributed by atoms with Crippen LogP contribution in [0.4, 0.5) is 0 Å². The maximum atomic E-state index is 12.6. The average Bonchev–Trinajstić information content (AvgIpc) is 2.61. The summed E-state index contributed by atoms with van der Waals surface area (Å²) in [5.74, 6) is 0.792. The highest BCUT2D eigenvalue weighted by Gasteiger charge is 2.31. The van der Waals surface area contributed by atoms with Crippen molar-refractivity contribution < 1.29 is 23.7 Å². The molecule has 2 rings (SSSR count). The van der Waals surface area contributed by atoms with Crippen LogP contribution in [-0.2, 0) is 14.3 Å². The van der Waals surface area contributed by atoms with Crippen molar-refractivity contribution in [1.82, 2.24) is 10.6 Å². The molecule has 0 spiro atoms. The number of methoxy groups -OCH3 is 2. The molecule has 142 valence electrons. The zero-order valence-corrected chi connectivity index (χ0v) is 16.2. The first kappa shape index (κ1) is 20.0. The van der Waals surface area contributed by atoms with E-state index in [4.69, 9.17) is 31.2 Å². The summed E-state index contributed by atoms with van der Waals surface area (Å²) in [6, 6.07) is 5.05. The van der Waals surface area contributed by atoms with Crippen LogP contribution >= 0.6 is 12.2 Å². The van der Waals surface area contributed by atoms with Crippen molar-refractivity contribution in [3.63, 3.8) is 0 Å². The zero-order chi connectivity index (χ0) is 19.1. The molecular formula is C18H24N2O5S. The van der Waals surface area contributed by atoms with Gasteiger partial charge in [0.25, 0.3) is 0 Å². The highest BCUT2D eigenvalue weighted by Crippen LogP contribution is 2.34. The molecule has 1 aromatic carbocycles. The smallest absolute Gasteiger partial charge is 0.338 e. The standard InChI is InChI=1S/C18H24N2O5S/c1-5-24-13-7-6-12(10-14(13)23-4)16-15(11(2)19-18(26)20-16)17(21)25-9-8-22-3/h6-7,10,16H,5,8-9H2,1-4H3,(H2,19,20,26)/t16-/m1/s1. The van der Waals surface area contributed by atoms with E-state index in [0.29, 0.717) is 41.1 Å². The molecular weight excluding hydrogens is 356 g/mol. The van der Waals surface area contributed by atoms with Gasteiger partial charge in [0.05, 0.1) is 31.9 Å². The van der Waals surface area contributed by atoms with E-state index < -0.39 is 12.0 Å². The van der Waals surface area contributed by atoms with Gasteiger partial charge in [-0.3, -0.25) is 0 Å². The van der Waals surface area contributed by atoms with Gasteiger partial charge in [-0.1, -0.05) is 6.07 Å².